The van der Waals surface area contributed by atoms with Crippen LogP contribution in [0, 0.1) is 0 Å². The fraction of sp³-hybridized carbons (Fsp3) is 0.429. The van der Waals surface area contributed by atoms with Crippen molar-refractivity contribution in [3.8, 4) is 0 Å². The molecule has 6 N–H and O–H groups in total. The van der Waals surface area contributed by atoms with Crippen LogP contribution >= 0.6 is 0 Å². The lowest BCUT2D eigenvalue weighted by Gasteiger charge is -2.07. The van der Waals surface area contributed by atoms with Crippen molar-refractivity contribution in [3.05, 3.63) is 29.8 Å². The van der Waals surface area contributed by atoms with E-state index in [1.165, 1.54) is 0 Å². The summed E-state index contributed by atoms with van der Waals surface area (Å²) in [5, 5.41) is 0. The summed E-state index contributed by atoms with van der Waals surface area (Å²) in [6.07, 6.45) is -0.121. The van der Waals surface area contributed by atoms with Crippen LogP contribution < -0.4 is 17.2 Å². The molecule has 0 aliphatic heterocycles. The van der Waals surface area contributed by atoms with Crippen LogP contribution in [-0.2, 0) is 4.79 Å². The molecule has 1 aromatic carbocycles. The number of ketones is 1. The zero-order chi connectivity index (χ0) is 15.4. The first-order valence-corrected chi connectivity index (χ1v) is 6.45. The Labute approximate surface area is 115 Å². The van der Waals surface area contributed by atoms with Crippen LogP contribution in [-0.4, -0.2) is 17.7 Å². The number of rotatable bonds is 4. The standard InChI is InChI=1S/C10H13N3O2.2C2H6/c11-7-4-2-1-3-6(7)9(14)5-8(12)10(13)15;2*1-2/h1-4,8H,5,11-12H2,(H2,13,15);2*1-2H3. The molecule has 0 aliphatic rings. The number of para-hydroxylation sites is 1. The molecule has 0 fully saturated rings. The molecule has 0 aliphatic carbocycles. The van der Waals surface area contributed by atoms with E-state index in [0.29, 0.717) is 11.3 Å². The van der Waals surface area contributed by atoms with Crippen LogP contribution in [0.1, 0.15) is 44.5 Å². The van der Waals surface area contributed by atoms with Crippen molar-refractivity contribution in [2.75, 3.05) is 5.73 Å². The van der Waals surface area contributed by atoms with E-state index in [2.05, 4.69) is 0 Å². The van der Waals surface area contributed by atoms with Gasteiger partial charge in [-0.2, -0.15) is 0 Å². The van der Waals surface area contributed by atoms with Gasteiger partial charge in [0, 0.05) is 17.7 Å². The average molecular weight is 267 g/mol. The Kier molecular flexibility index (Phi) is 11.5. The van der Waals surface area contributed by atoms with Crippen molar-refractivity contribution in [1.82, 2.24) is 0 Å². The molecular formula is C14H25N3O2. The molecule has 1 aromatic rings. The van der Waals surface area contributed by atoms with E-state index in [9.17, 15) is 9.59 Å². The number of amides is 1. The first-order chi connectivity index (χ1) is 9.02. The van der Waals surface area contributed by atoms with E-state index in [1.54, 1.807) is 24.3 Å². The van der Waals surface area contributed by atoms with Crippen LogP contribution in [0.25, 0.3) is 0 Å². The van der Waals surface area contributed by atoms with Crippen LogP contribution in [0.2, 0.25) is 0 Å². The molecule has 5 heteroatoms. The van der Waals surface area contributed by atoms with Crippen molar-refractivity contribution in [1.29, 1.82) is 0 Å². The SMILES string of the molecule is CC.CC.NC(=O)C(N)CC(=O)c1ccccc1N. The van der Waals surface area contributed by atoms with Crippen molar-refractivity contribution in [2.45, 2.75) is 40.2 Å². The summed E-state index contributed by atoms with van der Waals surface area (Å²) < 4.78 is 0. The summed E-state index contributed by atoms with van der Waals surface area (Å²) in [6.45, 7) is 8.00. The molecule has 0 spiro atoms. The molecule has 1 unspecified atom stereocenters. The Balaban J connectivity index is 0. The van der Waals surface area contributed by atoms with Crippen LogP contribution in [0.3, 0.4) is 0 Å². The minimum absolute atomic E-state index is 0.121. The molecule has 0 saturated heterocycles. The zero-order valence-corrected chi connectivity index (χ0v) is 12.1. The number of anilines is 1. The van der Waals surface area contributed by atoms with Gasteiger partial charge in [-0.25, -0.2) is 0 Å². The summed E-state index contributed by atoms with van der Waals surface area (Å²) in [6, 6.07) is 5.66. The number of primary amides is 1. The molecular weight excluding hydrogens is 242 g/mol. The van der Waals surface area contributed by atoms with Gasteiger partial charge in [0.25, 0.3) is 0 Å². The highest BCUT2D eigenvalue weighted by Crippen LogP contribution is 2.13. The predicted octanol–water partition coefficient (Wildman–Crippen LogP) is 1.71. The van der Waals surface area contributed by atoms with Crippen LogP contribution in [0.15, 0.2) is 24.3 Å². The second-order valence-corrected chi connectivity index (χ2v) is 3.22. The Morgan fingerprint density at radius 1 is 1.11 bits per heavy atom. The second kappa shape index (κ2) is 11.2. The fourth-order valence-corrected chi connectivity index (χ4v) is 1.16. The number of benzene rings is 1. The number of carbonyl (C=O) groups is 2. The lowest BCUT2D eigenvalue weighted by molar-refractivity contribution is -0.119. The van der Waals surface area contributed by atoms with Crippen LogP contribution in [0.5, 0.6) is 0 Å². The topological polar surface area (TPSA) is 112 Å². The Morgan fingerprint density at radius 2 is 1.58 bits per heavy atom. The summed E-state index contributed by atoms with van der Waals surface area (Å²) in [7, 11) is 0. The number of carbonyl (C=O) groups excluding carboxylic acids is 2. The molecule has 108 valence electrons. The summed E-state index contributed by atoms with van der Waals surface area (Å²) >= 11 is 0. The first-order valence-electron chi connectivity index (χ1n) is 6.45. The maximum Gasteiger partial charge on any atom is 0.234 e. The molecule has 0 saturated carbocycles. The number of nitrogen functional groups attached to an aromatic ring is 1. The van der Waals surface area contributed by atoms with Gasteiger partial charge in [0.05, 0.1) is 6.04 Å². The van der Waals surface area contributed by atoms with Crippen LogP contribution in [0.4, 0.5) is 5.69 Å². The Hall–Kier alpha value is -1.88. The quantitative estimate of drug-likeness (QED) is 0.569. The molecule has 1 atom stereocenters. The molecule has 1 amide bonds. The van der Waals surface area contributed by atoms with E-state index >= 15 is 0 Å². The maximum atomic E-state index is 11.6. The van der Waals surface area contributed by atoms with E-state index < -0.39 is 11.9 Å². The third-order valence-corrected chi connectivity index (χ3v) is 2.03. The van der Waals surface area contributed by atoms with Crippen molar-refractivity contribution >= 4 is 17.4 Å². The number of hydrogen-bond acceptors (Lipinski definition) is 4. The minimum Gasteiger partial charge on any atom is -0.398 e. The van der Waals surface area contributed by atoms with Gasteiger partial charge in [0.2, 0.25) is 5.91 Å². The number of nitrogens with two attached hydrogens (primary N) is 3. The highest BCUT2D eigenvalue weighted by molar-refractivity contribution is 6.03. The average Bonchev–Trinajstić information content (AvgIpc) is 2.43. The van der Waals surface area contributed by atoms with E-state index in [1.807, 2.05) is 27.7 Å². The van der Waals surface area contributed by atoms with Crippen molar-refractivity contribution in [2.24, 2.45) is 11.5 Å². The predicted molar refractivity (Wildman–Crippen MR) is 79.7 cm³/mol. The van der Waals surface area contributed by atoms with Crippen molar-refractivity contribution in [3.63, 3.8) is 0 Å². The highest BCUT2D eigenvalue weighted by Gasteiger charge is 2.17. The third kappa shape index (κ3) is 7.21. The molecule has 0 heterocycles. The van der Waals surface area contributed by atoms with E-state index in [0.717, 1.165) is 0 Å². The number of hydrogen-bond donors (Lipinski definition) is 3. The van der Waals surface area contributed by atoms with Gasteiger partial charge in [-0.3, -0.25) is 9.59 Å². The largest absolute Gasteiger partial charge is 0.398 e. The Bertz CT molecular complexity index is 392. The summed E-state index contributed by atoms with van der Waals surface area (Å²) in [5.41, 5.74) is 16.7. The molecule has 5 nitrogen and oxygen atoms in total. The summed E-state index contributed by atoms with van der Waals surface area (Å²) in [4.78, 5) is 22.3. The smallest absolute Gasteiger partial charge is 0.234 e. The van der Waals surface area contributed by atoms with Gasteiger partial charge >= 0.3 is 0 Å². The lowest BCUT2D eigenvalue weighted by atomic mass is 10.0. The van der Waals surface area contributed by atoms with Gasteiger partial charge < -0.3 is 17.2 Å². The lowest BCUT2D eigenvalue weighted by Crippen LogP contribution is -2.38. The minimum atomic E-state index is -0.961. The maximum absolute atomic E-state index is 11.6. The van der Waals surface area contributed by atoms with Crippen molar-refractivity contribution < 1.29 is 9.59 Å². The molecule has 0 aromatic heterocycles. The normalized spacial score (nSPS) is 10.2. The monoisotopic (exact) mass is 267 g/mol. The van der Waals surface area contributed by atoms with E-state index in [-0.39, 0.29) is 12.2 Å². The first kappa shape index (κ1) is 19.5. The number of Topliss-reactive ketones (excluding diaryl/α,β-unsaturated/α-hetero) is 1. The fourth-order valence-electron chi connectivity index (χ4n) is 1.16. The highest BCUT2D eigenvalue weighted by atomic mass is 16.1. The third-order valence-electron chi connectivity index (χ3n) is 2.03. The summed E-state index contributed by atoms with van der Waals surface area (Å²) in [5.74, 6) is -0.975. The molecule has 0 bridgehead atoms. The van der Waals surface area contributed by atoms with Gasteiger partial charge in [-0.05, 0) is 12.1 Å². The van der Waals surface area contributed by atoms with Gasteiger partial charge in [0.15, 0.2) is 5.78 Å². The Morgan fingerprint density at radius 3 is 2.00 bits per heavy atom. The molecule has 1 rings (SSSR count). The van der Waals surface area contributed by atoms with Gasteiger partial charge in [0.1, 0.15) is 0 Å². The zero-order valence-electron chi connectivity index (χ0n) is 12.1. The molecule has 19 heavy (non-hydrogen) atoms. The van der Waals surface area contributed by atoms with Gasteiger partial charge in [-0.1, -0.05) is 39.8 Å². The second-order valence-electron chi connectivity index (χ2n) is 3.22. The molecule has 0 radical (unpaired) electrons. The van der Waals surface area contributed by atoms with E-state index in [4.69, 9.17) is 17.2 Å². The van der Waals surface area contributed by atoms with Gasteiger partial charge in [-0.15, -0.1) is 0 Å².